The van der Waals surface area contributed by atoms with Crippen molar-refractivity contribution in [3.63, 3.8) is 0 Å². The van der Waals surface area contributed by atoms with Crippen molar-refractivity contribution in [2.75, 3.05) is 0 Å². The van der Waals surface area contributed by atoms with E-state index in [9.17, 15) is 14.7 Å². The van der Waals surface area contributed by atoms with Crippen LogP contribution in [-0.2, 0) is 4.79 Å². The SMILES string of the molecule is CC(NC(=O)c1ncc(C#Cc2ccc(C3CC3)cc2)cc1O)C(=O)O. The van der Waals surface area contributed by atoms with Crippen LogP contribution >= 0.6 is 0 Å². The lowest BCUT2D eigenvalue weighted by Gasteiger charge is -2.09. The Hall–Kier alpha value is -3.33. The van der Waals surface area contributed by atoms with Gasteiger partial charge in [0.25, 0.3) is 5.91 Å². The van der Waals surface area contributed by atoms with Crippen LogP contribution in [0, 0.1) is 11.8 Å². The molecule has 0 bridgehead atoms. The van der Waals surface area contributed by atoms with Crippen LogP contribution in [0.1, 0.15) is 52.9 Å². The van der Waals surface area contributed by atoms with Crippen molar-refractivity contribution >= 4 is 11.9 Å². The summed E-state index contributed by atoms with van der Waals surface area (Å²) in [4.78, 5) is 26.6. The number of amides is 1. The van der Waals surface area contributed by atoms with E-state index in [1.54, 1.807) is 0 Å². The average molecular weight is 350 g/mol. The molecule has 3 rings (SSSR count). The summed E-state index contributed by atoms with van der Waals surface area (Å²) in [6.07, 6.45) is 3.87. The molecule has 1 aliphatic carbocycles. The molecular weight excluding hydrogens is 332 g/mol. The summed E-state index contributed by atoms with van der Waals surface area (Å²) in [5.41, 5.74) is 2.40. The summed E-state index contributed by atoms with van der Waals surface area (Å²) < 4.78 is 0. The molecule has 1 atom stereocenters. The highest BCUT2D eigenvalue weighted by Gasteiger charge is 2.22. The van der Waals surface area contributed by atoms with E-state index >= 15 is 0 Å². The predicted molar refractivity (Wildman–Crippen MR) is 94.9 cm³/mol. The van der Waals surface area contributed by atoms with Crippen molar-refractivity contribution < 1.29 is 19.8 Å². The average Bonchev–Trinajstić information content (AvgIpc) is 3.45. The van der Waals surface area contributed by atoms with E-state index in [4.69, 9.17) is 5.11 Å². The number of aliphatic carboxylic acids is 1. The van der Waals surface area contributed by atoms with E-state index < -0.39 is 17.9 Å². The molecule has 0 aliphatic heterocycles. The van der Waals surface area contributed by atoms with Gasteiger partial charge in [0.1, 0.15) is 11.8 Å². The molecule has 6 heteroatoms. The van der Waals surface area contributed by atoms with Gasteiger partial charge in [0, 0.05) is 17.3 Å². The Labute approximate surface area is 150 Å². The number of hydrogen-bond donors (Lipinski definition) is 3. The molecule has 1 aromatic carbocycles. The van der Waals surface area contributed by atoms with Crippen LogP contribution in [0.15, 0.2) is 36.5 Å². The molecular formula is C20H18N2O4. The van der Waals surface area contributed by atoms with Crippen molar-refractivity contribution in [2.45, 2.75) is 31.7 Å². The quantitative estimate of drug-likeness (QED) is 0.735. The summed E-state index contributed by atoms with van der Waals surface area (Å²) in [6, 6.07) is 8.33. The molecule has 3 N–H and O–H groups in total. The molecule has 1 fully saturated rings. The largest absolute Gasteiger partial charge is 0.505 e. The van der Waals surface area contributed by atoms with E-state index in [0.717, 1.165) is 5.56 Å². The van der Waals surface area contributed by atoms with Crippen LogP contribution in [0.3, 0.4) is 0 Å². The number of carboxylic acid groups (broad SMARTS) is 1. The summed E-state index contributed by atoms with van der Waals surface area (Å²) in [5, 5.41) is 21.0. The topological polar surface area (TPSA) is 99.5 Å². The Balaban J connectivity index is 1.71. The molecule has 1 heterocycles. The van der Waals surface area contributed by atoms with Crippen molar-refractivity contribution in [3.8, 4) is 17.6 Å². The van der Waals surface area contributed by atoms with Gasteiger partial charge in [-0.3, -0.25) is 9.59 Å². The van der Waals surface area contributed by atoms with Gasteiger partial charge in [0.15, 0.2) is 5.69 Å². The number of aromatic nitrogens is 1. The number of carbonyl (C=O) groups is 2. The second-order valence-corrected chi connectivity index (χ2v) is 6.27. The highest BCUT2D eigenvalue weighted by atomic mass is 16.4. The Kier molecular flexibility index (Phi) is 4.90. The lowest BCUT2D eigenvalue weighted by atomic mass is 10.1. The maximum absolute atomic E-state index is 11.9. The second-order valence-electron chi connectivity index (χ2n) is 6.27. The van der Waals surface area contributed by atoms with Crippen LogP contribution in [-0.4, -0.2) is 33.1 Å². The fourth-order valence-electron chi connectivity index (χ4n) is 2.42. The maximum Gasteiger partial charge on any atom is 0.325 e. The van der Waals surface area contributed by atoms with E-state index in [-0.39, 0.29) is 11.4 Å². The van der Waals surface area contributed by atoms with Crippen LogP contribution in [0.5, 0.6) is 5.75 Å². The first-order valence-electron chi connectivity index (χ1n) is 8.28. The predicted octanol–water partition coefficient (Wildman–Crippen LogP) is 2.27. The van der Waals surface area contributed by atoms with E-state index in [1.807, 2.05) is 12.1 Å². The van der Waals surface area contributed by atoms with Gasteiger partial charge in [-0.15, -0.1) is 0 Å². The third-order valence-corrected chi connectivity index (χ3v) is 4.11. The van der Waals surface area contributed by atoms with Crippen LogP contribution in [0.2, 0.25) is 0 Å². The molecule has 26 heavy (non-hydrogen) atoms. The maximum atomic E-state index is 11.9. The van der Waals surface area contributed by atoms with Crippen LogP contribution < -0.4 is 5.32 Å². The van der Waals surface area contributed by atoms with E-state index in [2.05, 4.69) is 34.3 Å². The van der Waals surface area contributed by atoms with Crippen molar-refractivity contribution in [2.24, 2.45) is 0 Å². The van der Waals surface area contributed by atoms with Crippen molar-refractivity contribution in [1.82, 2.24) is 10.3 Å². The molecule has 0 saturated heterocycles. The summed E-state index contributed by atoms with van der Waals surface area (Å²) in [6.45, 7) is 1.33. The minimum atomic E-state index is -1.17. The third kappa shape index (κ3) is 4.19. The zero-order valence-electron chi connectivity index (χ0n) is 14.2. The standard InChI is InChI=1S/C20H18N2O4/c1-12(20(25)26)22-19(24)18-17(23)10-14(11-21-18)3-2-13-4-6-15(7-5-13)16-8-9-16/h4-7,10-12,16,23H,8-9H2,1H3,(H,22,24)(H,25,26). The van der Waals surface area contributed by atoms with Crippen LogP contribution in [0.25, 0.3) is 0 Å². The lowest BCUT2D eigenvalue weighted by molar-refractivity contribution is -0.138. The number of carbonyl (C=O) groups excluding carboxylic acids is 1. The number of hydrogen-bond acceptors (Lipinski definition) is 4. The lowest BCUT2D eigenvalue weighted by Crippen LogP contribution is -2.38. The van der Waals surface area contributed by atoms with Gasteiger partial charge in [-0.05, 0) is 49.4 Å². The molecule has 1 saturated carbocycles. The minimum absolute atomic E-state index is 0.238. The van der Waals surface area contributed by atoms with Crippen molar-refractivity contribution in [1.29, 1.82) is 0 Å². The number of nitrogens with one attached hydrogen (secondary N) is 1. The first kappa shape index (κ1) is 17.5. The summed E-state index contributed by atoms with van der Waals surface area (Å²) >= 11 is 0. The summed E-state index contributed by atoms with van der Waals surface area (Å²) in [7, 11) is 0. The van der Waals surface area contributed by atoms with Gasteiger partial charge in [-0.1, -0.05) is 24.0 Å². The highest BCUT2D eigenvalue weighted by molar-refractivity contribution is 5.97. The molecule has 1 amide bonds. The summed E-state index contributed by atoms with van der Waals surface area (Å²) in [5.74, 6) is 4.30. The Morgan fingerprint density at radius 2 is 1.85 bits per heavy atom. The van der Waals surface area contributed by atoms with E-state index in [1.165, 1.54) is 37.6 Å². The van der Waals surface area contributed by atoms with E-state index in [0.29, 0.717) is 11.5 Å². The van der Waals surface area contributed by atoms with Crippen LogP contribution in [0.4, 0.5) is 0 Å². The molecule has 132 valence electrons. The Morgan fingerprint density at radius 1 is 1.19 bits per heavy atom. The zero-order chi connectivity index (χ0) is 18.7. The van der Waals surface area contributed by atoms with Crippen molar-refractivity contribution in [3.05, 3.63) is 58.9 Å². The number of pyridine rings is 1. The number of rotatable bonds is 4. The first-order valence-corrected chi connectivity index (χ1v) is 8.28. The van der Waals surface area contributed by atoms with Gasteiger partial charge >= 0.3 is 5.97 Å². The molecule has 1 unspecified atom stereocenters. The number of nitrogens with zero attached hydrogens (tertiary/aromatic N) is 1. The third-order valence-electron chi connectivity index (χ3n) is 4.11. The first-order chi connectivity index (χ1) is 12.4. The minimum Gasteiger partial charge on any atom is -0.505 e. The molecule has 2 aromatic rings. The van der Waals surface area contributed by atoms with Gasteiger partial charge in [-0.25, -0.2) is 4.98 Å². The van der Waals surface area contributed by atoms with Gasteiger partial charge in [-0.2, -0.15) is 0 Å². The number of aromatic hydroxyl groups is 1. The molecule has 6 nitrogen and oxygen atoms in total. The van der Waals surface area contributed by atoms with Gasteiger partial charge in [0.2, 0.25) is 0 Å². The number of carboxylic acids is 1. The molecule has 0 radical (unpaired) electrons. The fourth-order valence-corrected chi connectivity index (χ4v) is 2.42. The van der Waals surface area contributed by atoms with Gasteiger partial charge in [0.05, 0.1) is 0 Å². The monoisotopic (exact) mass is 350 g/mol. The second kappa shape index (κ2) is 7.28. The smallest absolute Gasteiger partial charge is 0.325 e. The number of benzene rings is 1. The highest BCUT2D eigenvalue weighted by Crippen LogP contribution is 2.39. The fraction of sp³-hybridized carbons (Fsp3) is 0.250. The Morgan fingerprint density at radius 3 is 2.42 bits per heavy atom. The zero-order valence-corrected chi connectivity index (χ0v) is 14.2. The molecule has 1 aromatic heterocycles. The van der Waals surface area contributed by atoms with Gasteiger partial charge < -0.3 is 15.5 Å². The molecule has 1 aliphatic rings. The molecule has 0 spiro atoms. The Bertz CT molecular complexity index is 906. The normalized spacial score (nSPS) is 14.0.